The highest BCUT2D eigenvalue weighted by Crippen LogP contribution is 2.24. The van der Waals surface area contributed by atoms with Gasteiger partial charge in [-0.15, -0.1) is 0 Å². The van der Waals surface area contributed by atoms with Gasteiger partial charge in [0.15, 0.2) is 0 Å². The normalized spacial score (nSPS) is 13.4. The zero-order valence-electron chi connectivity index (χ0n) is 17.1. The molecule has 29 heavy (non-hydrogen) atoms. The van der Waals surface area contributed by atoms with Crippen LogP contribution in [0.5, 0.6) is 5.75 Å². The highest BCUT2D eigenvalue weighted by atomic mass is 35.5. The van der Waals surface area contributed by atoms with Crippen LogP contribution in [-0.4, -0.2) is 39.3 Å². The van der Waals surface area contributed by atoms with Crippen LogP contribution in [0.15, 0.2) is 48.5 Å². The number of sulfonamides is 1. The summed E-state index contributed by atoms with van der Waals surface area (Å²) in [6.07, 6.45) is 1.40. The van der Waals surface area contributed by atoms with E-state index in [1.165, 1.54) is 0 Å². The van der Waals surface area contributed by atoms with Gasteiger partial charge in [0, 0.05) is 5.02 Å². The van der Waals surface area contributed by atoms with Crippen molar-refractivity contribution >= 4 is 33.2 Å². The van der Waals surface area contributed by atoms with Gasteiger partial charge in [0.25, 0.3) is 0 Å². The topological polar surface area (TPSA) is 75.7 Å². The van der Waals surface area contributed by atoms with E-state index in [9.17, 15) is 13.2 Å². The molecule has 0 bridgehead atoms. The molecule has 158 valence electrons. The summed E-state index contributed by atoms with van der Waals surface area (Å²) in [5, 5.41) is 3.34. The fourth-order valence-electron chi connectivity index (χ4n) is 2.88. The summed E-state index contributed by atoms with van der Waals surface area (Å²) in [6, 6.07) is 12.8. The molecule has 0 spiro atoms. The summed E-state index contributed by atoms with van der Waals surface area (Å²) in [4.78, 5) is 12.9. The van der Waals surface area contributed by atoms with Gasteiger partial charge in [-0.2, -0.15) is 0 Å². The van der Waals surface area contributed by atoms with Gasteiger partial charge in [-0.3, -0.25) is 9.10 Å². The van der Waals surface area contributed by atoms with Crippen molar-refractivity contribution < 1.29 is 17.9 Å². The Hall–Kier alpha value is -2.25. The molecule has 0 saturated heterocycles. The SMILES string of the molecule is CC[C@@H](C(=O)N[C@@H](C)COc1ccc(C)cc1)N(c1ccc(Cl)cc1)S(C)(=O)=O. The minimum absolute atomic E-state index is 0.269. The zero-order valence-corrected chi connectivity index (χ0v) is 18.6. The van der Waals surface area contributed by atoms with Crippen LogP contribution < -0.4 is 14.4 Å². The van der Waals surface area contributed by atoms with Crippen LogP contribution in [0.25, 0.3) is 0 Å². The summed E-state index contributed by atoms with van der Waals surface area (Å²) in [6.45, 7) is 5.84. The van der Waals surface area contributed by atoms with Gasteiger partial charge in [-0.1, -0.05) is 36.2 Å². The number of carbonyl (C=O) groups excluding carboxylic acids is 1. The van der Waals surface area contributed by atoms with E-state index in [1.54, 1.807) is 31.2 Å². The van der Waals surface area contributed by atoms with Crippen LogP contribution in [0.4, 0.5) is 5.69 Å². The number of ether oxygens (including phenoxy) is 1. The molecular formula is C21H27ClN2O4S. The predicted molar refractivity (Wildman–Crippen MR) is 117 cm³/mol. The second-order valence-electron chi connectivity index (χ2n) is 6.99. The summed E-state index contributed by atoms with van der Waals surface area (Å²) in [7, 11) is -3.68. The average Bonchev–Trinajstić information content (AvgIpc) is 2.65. The molecule has 0 heterocycles. The molecule has 0 unspecified atom stereocenters. The number of anilines is 1. The average molecular weight is 439 g/mol. The predicted octanol–water partition coefficient (Wildman–Crippen LogP) is 3.78. The van der Waals surface area contributed by atoms with Gasteiger partial charge >= 0.3 is 0 Å². The van der Waals surface area contributed by atoms with E-state index in [2.05, 4.69) is 5.32 Å². The maximum Gasteiger partial charge on any atom is 0.244 e. The molecule has 2 aromatic carbocycles. The minimum Gasteiger partial charge on any atom is -0.491 e. The van der Waals surface area contributed by atoms with Crippen molar-refractivity contribution in [1.29, 1.82) is 0 Å². The Morgan fingerprint density at radius 1 is 1.14 bits per heavy atom. The number of halogens is 1. The molecule has 6 nitrogen and oxygen atoms in total. The van der Waals surface area contributed by atoms with Crippen LogP contribution in [-0.2, 0) is 14.8 Å². The molecule has 2 atom stereocenters. The number of nitrogens with one attached hydrogen (secondary N) is 1. The fraction of sp³-hybridized carbons (Fsp3) is 0.381. The van der Waals surface area contributed by atoms with Gasteiger partial charge in [0.2, 0.25) is 15.9 Å². The molecule has 0 radical (unpaired) electrons. The summed E-state index contributed by atoms with van der Waals surface area (Å²) in [5.41, 5.74) is 1.52. The largest absolute Gasteiger partial charge is 0.491 e. The highest BCUT2D eigenvalue weighted by Gasteiger charge is 2.32. The second kappa shape index (κ2) is 9.98. The zero-order chi connectivity index (χ0) is 21.6. The first-order valence-corrected chi connectivity index (χ1v) is 11.6. The number of nitrogens with zero attached hydrogens (tertiary/aromatic N) is 1. The van der Waals surface area contributed by atoms with Crippen LogP contribution in [0.1, 0.15) is 25.8 Å². The van der Waals surface area contributed by atoms with Crippen molar-refractivity contribution in [2.75, 3.05) is 17.2 Å². The molecule has 2 rings (SSSR count). The van der Waals surface area contributed by atoms with Gasteiger partial charge in [0.05, 0.1) is 18.0 Å². The summed E-state index contributed by atoms with van der Waals surface area (Å²) < 4.78 is 31.7. The minimum atomic E-state index is -3.68. The Bertz CT molecular complexity index is 915. The fourth-order valence-corrected chi connectivity index (χ4v) is 4.22. The lowest BCUT2D eigenvalue weighted by molar-refractivity contribution is -0.123. The second-order valence-corrected chi connectivity index (χ2v) is 9.29. The van der Waals surface area contributed by atoms with Crippen molar-refractivity contribution in [2.24, 2.45) is 0 Å². The third-order valence-corrected chi connectivity index (χ3v) is 5.75. The van der Waals surface area contributed by atoms with Gasteiger partial charge in [-0.25, -0.2) is 8.42 Å². The van der Waals surface area contributed by atoms with E-state index in [0.29, 0.717) is 22.9 Å². The van der Waals surface area contributed by atoms with Crippen molar-refractivity contribution in [2.45, 2.75) is 39.3 Å². The maximum atomic E-state index is 12.9. The van der Waals surface area contributed by atoms with Gasteiger partial charge < -0.3 is 10.1 Å². The number of carbonyl (C=O) groups is 1. The van der Waals surface area contributed by atoms with E-state index in [-0.39, 0.29) is 18.6 Å². The summed E-state index contributed by atoms with van der Waals surface area (Å²) >= 11 is 5.91. The lowest BCUT2D eigenvalue weighted by atomic mass is 10.1. The number of hydrogen-bond acceptors (Lipinski definition) is 4. The molecule has 0 fully saturated rings. The first kappa shape index (κ1) is 23.0. The van der Waals surface area contributed by atoms with Gasteiger partial charge in [-0.05, 0) is 56.7 Å². The molecule has 8 heteroatoms. The van der Waals surface area contributed by atoms with Crippen LogP contribution in [0.2, 0.25) is 5.02 Å². The van der Waals surface area contributed by atoms with E-state index in [1.807, 2.05) is 38.1 Å². The van der Waals surface area contributed by atoms with E-state index in [4.69, 9.17) is 16.3 Å². The number of amides is 1. The van der Waals surface area contributed by atoms with E-state index < -0.39 is 16.1 Å². The summed E-state index contributed by atoms with van der Waals surface area (Å²) in [5.74, 6) is 0.329. The van der Waals surface area contributed by atoms with Crippen molar-refractivity contribution in [3.05, 3.63) is 59.1 Å². The van der Waals surface area contributed by atoms with Crippen LogP contribution in [0, 0.1) is 6.92 Å². The molecule has 2 aromatic rings. The lowest BCUT2D eigenvalue weighted by Crippen LogP contribution is -2.52. The Labute approximate surface area is 177 Å². The standard InChI is InChI=1S/C21H27ClN2O4S/c1-5-20(24(29(4,26)27)18-10-8-17(22)9-11-18)21(25)23-16(3)14-28-19-12-6-15(2)7-13-19/h6-13,16,20H,5,14H2,1-4H3,(H,23,25)/t16-,20-/m0/s1. The molecule has 0 aliphatic heterocycles. The van der Waals surface area contributed by atoms with E-state index in [0.717, 1.165) is 16.1 Å². The van der Waals surface area contributed by atoms with Crippen LogP contribution in [0.3, 0.4) is 0 Å². The lowest BCUT2D eigenvalue weighted by Gasteiger charge is -2.31. The number of aryl methyl sites for hydroxylation is 1. The highest BCUT2D eigenvalue weighted by molar-refractivity contribution is 7.92. The smallest absolute Gasteiger partial charge is 0.244 e. The van der Waals surface area contributed by atoms with Crippen molar-refractivity contribution in [3.8, 4) is 5.75 Å². The number of hydrogen-bond donors (Lipinski definition) is 1. The Kier molecular flexibility index (Phi) is 7.93. The monoisotopic (exact) mass is 438 g/mol. The first-order chi connectivity index (χ1) is 13.6. The molecule has 0 aliphatic carbocycles. The van der Waals surface area contributed by atoms with Crippen molar-refractivity contribution in [3.63, 3.8) is 0 Å². The molecular weight excluding hydrogens is 412 g/mol. The molecule has 0 aromatic heterocycles. The third-order valence-electron chi connectivity index (χ3n) is 4.32. The van der Waals surface area contributed by atoms with Crippen LogP contribution >= 0.6 is 11.6 Å². The van der Waals surface area contributed by atoms with Crippen molar-refractivity contribution in [1.82, 2.24) is 5.32 Å². The molecule has 1 amide bonds. The maximum absolute atomic E-state index is 12.9. The Morgan fingerprint density at radius 2 is 1.72 bits per heavy atom. The first-order valence-electron chi connectivity index (χ1n) is 9.36. The third kappa shape index (κ3) is 6.65. The quantitative estimate of drug-likeness (QED) is 0.646. The molecule has 1 N–H and O–H groups in total. The number of benzene rings is 2. The number of rotatable bonds is 9. The van der Waals surface area contributed by atoms with Gasteiger partial charge in [0.1, 0.15) is 18.4 Å². The van der Waals surface area contributed by atoms with E-state index >= 15 is 0 Å². The molecule has 0 aliphatic rings. The Balaban J connectivity index is 2.09. The molecule has 0 saturated carbocycles. The Morgan fingerprint density at radius 3 is 2.24 bits per heavy atom.